The lowest BCUT2D eigenvalue weighted by Crippen LogP contribution is -2.45. The molecule has 1 spiro atoms. The average Bonchev–Trinajstić information content (AvgIpc) is 3.34. The Bertz CT molecular complexity index is 784. The number of benzene rings is 1. The fraction of sp³-hybridized carbons (Fsp3) is 0.571. The number of aromatic nitrogens is 3. The van der Waals surface area contributed by atoms with Crippen molar-refractivity contribution in [1.82, 2.24) is 25.0 Å². The van der Waals surface area contributed by atoms with Gasteiger partial charge in [-0.1, -0.05) is 24.3 Å². The van der Waals surface area contributed by atoms with E-state index in [4.69, 9.17) is 4.74 Å². The summed E-state index contributed by atoms with van der Waals surface area (Å²) in [5.74, 6) is -0.0527. The standard InChI is InChI=1S/C21H29N5O2/c1-17-4-2-3-5-18(17)13-25-10-8-21(9-11-25)7-6-19(28-21)12-23-20(27)14-26-16-22-15-24-26/h2-5,15-16,19H,6-14H2,1H3,(H,23,27). The van der Waals surface area contributed by atoms with Crippen LogP contribution in [0.3, 0.4) is 0 Å². The Kier molecular flexibility index (Phi) is 5.73. The van der Waals surface area contributed by atoms with Gasteiger partial charge < -0.3 is 10.1 Å². The highest BCUT2D eigenvalue weighted by molar-refractivity contribution is 5.75. The van der Waals surface area contributed by atoms with Crippen LogP contribution in [0.4, 0.5) is 0 Å². The summed E-state index contributed by atoms with van der Waals surface area (Å²) in [6, 6.07) is 8.63. The van der Waals surface area contributed by atoms with Gasteiger partial charge in [0.1, 0.15) is 19.2 Å². The Morgan fingerprint density at radius 3 is 2.86 bits per heavy atom. The van der Waals surface area contributed by atoms with Crippen molar-refractivity contribution in [2.45, 2.75) is 57.4 Å². The van der Waals surface area contributed by atoms with E-state index in [1.165, 1.54) is 22.1 Å². The number of ether oxygens (including phenoxy) is 1. The number of amides is 1. The first-order valence-corrected chi connectivity index (χ1v) is 10.2. The van der Waals surface area contributed by atoms with E-state index in [1.807, 2.05) is 0 Å². The lowest BCUT2D eigenvalue weighted by molar-refractivity contribution is -0.123. The summed E-state index contributed by atoms with van der Waals surface area (Å²) in [6.07, 6.45) is 7.34. The smallest absolute Gasteiger partial charge is 0.241 e. The number of hydrogen-bond acceptors (Lipinski definition) is 5. The van der Waals surface area contributed by atoms with Gasteiger partial charge in [0.05, 0.1) is 11.7 Å². The Balaban J connectivity index is 1.21. The second-order valence-corrected chi connectivity index (χ2v) is 8.06. The molecule has 1 aromatic carbocycles. The molecular weight excluding hydrogens is 354 g/mol. The molecule has 0 aliphatic carbocycles. The monoisotopic (exact) mass is 383 g/mol. The predicted octanol–water partition coefficient (Wildman–Crippen LogP) is 1.92. The Hall–Kier alpha value is -2.25. The van der Waals surface area contributed by atoms with Crippen LogP contribution in [0.2, 0.25) is 0 Å². The van der Waals surface area contributed by atoms with E-state index in [0.717, 1.165) is 45.3 Å². The van der Waals surface area contributed by atoms with Crippen molar-refractivity contribution in [1.29, 1.82) is 0 Å². The third kappa shape index (κ3) is 4.59. The molecule has 2 aliphatic heterocycles. The maximum atomic E-state index is 12.0. The van der Waals surface area contributed by atoms with Crippen molar-refractivity contribution >= 4 is 5.91 Å². The molecule has 2 saturated heterocycles. The van der Waals surface area contributed by atoms with Crippen LogP contribution in [-0.4, -0.2) is 56.9 Å². The molecule has 150 valence electrons. The first-order chi connectivity index (χ1) is 13.6. The number of carbonyl (C=O) groups excluding carboxylic acids is 1. The second-order valence-electron chi connectivity index (χ2n) is 8.06. The number of nitrogens with zero attached hydrogens (tertiary/aromatic N) is 4. The molecule has 7 heteroatoms. The Morgan fingerprint density at radius 1 is 1.29 bits per heavy atom. The van der Waals surface area contributed by atoms with Crippen LogP contribution in [0.5, 0.6) is 0 Å². The summed E-state index contributed by atoms with van der Waals surface area (Å²) < 4.78 is 7.95. The quantitative estimate of drug-likeness (QED) is 0.825. The van der Waals surface area contributed by atoms with Crippen molar-refractivity contribution in [2.24, 2.45) is 0 Å². The highest BCUT2D eigenvalue weighted by Gasteiger charge is 2.42. The minimum atomic E-state index is -0.0527. The topological polar surface area (TPSA) is 72.3 Å². The normalized spacial score (nSPS) is 21.8. The molecule has 2 aliphatic rings. The average molecular weight is 383 g/mol. The highest BCUT2D eigenvalue weighted by atomic mass is 16.5. The van der Waals surface area contributed by atoms with Gasteiger partial charge in [-0.3, -0.25) is 9.69 Å². The predicted molar refractivity (Wildman–Crippen MR) is 106 cm³/mol. The summed E-state index contributed by atoms with van der Waals surface area (Å²) >= 11 is 0. The van der Waals surface area contributed by atoms with Crippen molar-refractivity contribution in [3.63, 3.8) is 0 Å². The Labute approximate surface area is 166 Å². The van der Waals surface area contributed by atoms with Crippen LogP contribution >= 0.6 is 0 Å². The van der Waals surface area contributed by atoms with E-state index < -0.39 is 0 Å². The highest BCUT2D eigenvalue weighted by Crippen LogP contribution is 2.39. The fourth-order valence-corrected chi connectivity index (χ4v) is 4.30. The Morgan fingerprint density at radius 2 is 2.11 bits per heavy atom. The number of rotatable bonds is 6. The molecule has 0 saturated carbocycles. The van der Waals surface area contributed by atoms with Gasteiger partial charge in [-0.05, 0) is 43.7 Å². The lowest BCUT2D eigenvalue weighted by Gasteiger charge is -2.39. The van der Waals surface area contributed by atoms with Crippen molar-refractivity contribution in [3.8, 4) is 0 Å². The maximum Gasteiger partial charge on any atom is 0.241 e. The first-order valence-electron chi connectivity index (χ1n) is 10.2. The first kappa shape index (κ1) is 19.1. The summed E-state index contributed by atoms with van der Waals surface area (Å²) in [4.78, 5) is 18.4. The van der Waals surface area contributed by atoms with Crippen LogP contribution in [0.15, 0.2) is 36.9 Å². The van der Waals surface area contributed by atoms with Gasteiger partial charge in [-0.25, -0.2) is 9.67 Å². The van der Waals surface area contributed by atoms with Crippen LogP contribution in [0.1, 0.15) is 36.8 Å². The van der Waals surface area contributed by atoms with Crippen molar-refractivity contribution in [3.05, 3.63) is 48.0 Å². The van der Waals surface area contributed by atoms with Gasteiger partial charge in [-0.2, -0.15) is 5.10 Å². The SMILES string of the molecule is Cc1ccccc1CN1CCC2(CCC(CNC(=O)Cn3cncn3)O2)CC1. The summed E-state index contributed by atoms with van der Waals surface area (Å²) in [5, 5.41) is 6.93. The molecule has 28 heavy (non-hydrogen) atoms. The van der Waals surface area contributed by atoms with E-state index in [9.17, 15) is 4.79 Å². The zero-order valence-electron chi connectivity index (χ0n) is 16.5. The number of likely N-dealkylation sites (tertiary alicyclic amines) is 1. The van der Waals surface area contributed by atoms with E-state index in [1.54, 1.807) is 6.33 Å². The molecule has 1 unspecified atom stereocenters. The molecule has 2 fully saturated rings. The van der Waals surface area contributed by atoms with Crippen molar-refractivity contribution < 1.29 is 9.53 Å². The van der Waals surface area contributed by atoms with E-state index >= 15 is 0 Å². The number of carbonyl (C=O) groups is 1. The number of nitrogens with one attached hydrogen (secondary N) is 1. The zero-order chi connectivity index (χ0) is 19.4. The number of aryl methyl sites for hydroxylation is 1. The molecule has 4 rings (SSSR count). The molecule has 7 nitrogen and oxygen atoms in total. The van der Waals surface area contributed by atoms with Gasteiger partial charge in [0.2, 0.25) is 5.91 Å². The third-order valence-corrected chi connectivity index (χ3v) is 6.06. The minimum absolute atomic E-state index is 0.00350. The van der Waals surface area contributed by atoms with Gasteiger partial charge in [0, 0.05) is 26.2 Å². The van der Waals surface area contributed by atoms with E-state index in [0.29, 0.717) is 6.54 Å². The zero-order valence-corrected chi connectivity index (χ0v) is 16.5. The minimum Gasteiger partial charge on any atom is -0.370 e. The second kappa shape index (κ2) is 8.41. The van der Waals surface area contributed by atoms with Gasteiger partial charge in [0.25, 0.3) is 0 Å². The molecule has 2 aromatic rings. The van der Waals surface area contributed by atoms with Gasteiger partial charge >= 0.3 is 0 Å². The van der Waals surface area contributed by atoms with Crippen LogP contribution in [0, 0.1) is 6.92 Å². The van der Waals surface area contributed by atoms with E-state index in [2.05, 4.69) is 51.5 Å². The van der Waals surface area contributed by atoms with Crippen molar-refractivity contribution in [2.75, 3.05) is 19.6 Å². The molecule has 1 aromatic heterocycles. The summed E-state index contributed by atoms with van der Waals surface area (Å²) in [7, 11) is 0. The van der Waals surface area contributed by atoms with Crippen LogP contribution in [-0.2, 0) is 22.6 Å². The lowest BCUT2D eigenvalue weighted by atomic mass is 9.88. The molecule has 1 atom stereocenters. The van der Waals surface area contributed by atoms with Gasteiger partial charge in [-0.15, -0.1) is 0 Å². The van der Waals surface area contributed by atoms with Crippen LogP contribution in [0.25, 0.3) is 0 Å². The third-order valence-electron chi connectivity index (χ3n) is 6.06. The molecule has 0 bridgehead atoms. The van der Waals surface area contributed by atoms with Gasteiger partial charge in [0.15, 0.2) is 0 Å². The summed E-state index contributed by atoms with van der Waals surface area (Å²) in [6.45, 7) is 6.11. The molecule has 0 radical (unpaired) electrons. The maximum absolute atomic E-state index is 12.0. The largest absolute Gasteiger partial charge is 0.370 e. The number of piperidine rings is 1. The molecule has 3 heterocycles. The molecular formula is C21H29N5O2. The molecule has 1 amide bonds. The van der Waals surface area contributed by atoms with E-state index in [-0.39, 0.29) is 24.2 Å². The van der Waals surface area contributed by atoms with Crippen LogP contribution < -0.4 is 5.32 Å². The molecule has 1 N–H and O–H groups in total. The summed E-state index contributed by atoms with van der Waals surface area (Å²) in [5.41, 5.74) is 2.78. The number of hydrogen-bond donors (Lipinski definition) is 1. The fourth-order valence-electron chi connectivity index (χ4n) is 4.30.